The van der Waals surface area contributed by atoms with Crippen molar-refractivity contribution in [3.05, 3.63) is 88.7 Å². The van der Waals surface area contributed by atoms with E-state index in [-0.39, 0.29) is 18.9 Å². The van der Waals surface area contributed by atoms with E-state index >= 15 is 0 Å². The molecule has 7 heteroatoms. The summed E-state index contributed by atoms with van der Waals surface area (Å²) in [5.41, 5.74) is 8.68. The number of aromatic nitrogens is 1. The van der Waals surface area contributed by atoms with E-state index in [1.807, 2.05) is 50.2 Å². The van der Waals surface area contributed by atoms with Crippen LogP contribution in [0.3, 0.4) is 0 Å². The van der Waals surface area contributed by atoms with Crippen LogP contribution in [0.1, 0.15) is 47.5 Å². The first-order valence-electron chi connectivity index (χ1n) is 10.9. The van der Waals surface area contributed by atoms with E-state index in [1.165, 1.54) is 5.56 Å². The number of carbonyl (C=O) groups excluding carboxylic acids is 2. The molecule has 1 atom stereocenters. The van der Waals surface area contributed by atoms with Crippen LogP contribution in [-0.2, 0) is 9.53 Å². The Morgan fingerprint density at radius 1 is 1.06 bits per heavy atom. The first kappa shape index (κ1) is 23.8. The smallest absolute Gasteiger partial charge is 0.407 e. The predicted molar refractivity (Wildman–Crippen MR) is 130 cm³/mol. The van der Waals surface area contributed by atoms with Gasteiger partial charge in [0.1, 0.15) is 0 Å². The van der Waals surface area contributed by atoms with E-state index in [0.717, 1.165) is 28.2 Å². The van der Waals surface area contributed by atoms with Gasteiger partial charge in [-0.1, -0.05) is 48.0 Å². The summed E-state index contributed by atoms with van der Waals surface area (Å²) in [6, 6.07) is 19.1. The lowest BCUT2D eigenvalue weighted by molar-refractivity contribution is -0.121. The third-order valence-electron chi connectivity index (χ3n) is 5.31. The van der Waals surface area contributed by atoms with Crippen LogP contribution >= 0.6 is 0 Å². The van der Waals surface area contributed by atoms with Gasteiger partial charge in [-0.2, -0.15) is 5.10 Å². The first-order chi connectivity index (χ1) is 15.9. The molecule has 2 amide bonds. The third-order valence-corrected chi connectivity index (χ3v) is 5.31. The van der Waals surface area contributed by atoms with Crippen LogP contribution in [0, 0.1) is 20.8 Å². The Hall–Kier alpha value is -3.87. The van der Waals surface area contributed by atoms with E-state index in [2.05, 4.69) is 51.6 Å². The maximum absolute atomic E-state index is 12.5. The van der Waals surface area contributed by atoms with Crippen molar-refractivity contribution in [2.75, 3.05) is 6.61 Å². The summed E-state index contributed by atoms with van der Waals surface area (Å²) in [6.07, 6.45) is 1.11. The minimum absolute atomic E-state index is 0.0303. The molecule has 0 aliphatic carbocycles. The van der Waals surface area contributed by atoms with E-state index in [4.69, 9.17) is 4.74 Å². The molecular weight excluding hydrogens is 416 g/mol. The lowest BCUT2D eigenvalue weighted by atomic mass is 10.0. The molecule has 0 saturated heterocycles. The number of carbonyl (C=O) groups is 2. The number of rotatable bonds is 8. The molecule has 0 bridgehead atoms. The molecule has 0 saturated carbocycles. The number of alkyl carbamates (subject to hydrolysis) is 1. The normalized spacial score (nSPS) is 11.9. The summed E-state index contributed by atoms with van der Waals surface area (Å²) in [5.74, 6) is -0.316. The summed E-state index contributed by atoms with van der Waals surface area (Å²) in [7, 11) is 0. The van der Waals surface area contributed by atoms with E-state index in [0.29, 0.717) is 0 Å². The Kier molecular flexibility index (Phi) is 8.02. The zero-order chi connectivity index (χ0) is 23.8. The number of nitrogens with zero attached hydrogens (tertiary/aromatic N) is 2. The molecule has 0 fully saturated rings. The number of nitrogens with one attached hydrogen (secondary N) is 2. The first-order valence-corrected chi connectivity index (χ1v) is 10.9. The van der Waals surface area contributed by atoms with Crippen LogP contribution in [0.15, 0.2) is 65.8 Å². The molecule has 3 rings (SSSR count). The number of hydrogen-bond acceptors (Lipinski definition) is 4. The van der Waals surface area contributed by atoms with Gasteiger partial charge < -0.3 is 14.6 Å². The number of hydrazone groups is 1. The number of benzene rings is 2. The maximum atomic E-state index is 12.5. The summed E-state index contributed by atoms with van der Waals surface area (Å²) >= 11 is 0. The zero-order valence-electron chi connectivity index (χ0n) is 19.5. The van der Waals surface area contributed by atoms with Crippen molar-refractivity contribution in [1.29, 1.82) is 0 Å². The van der Waals surface area contributed by atoms with E-state index in [9.17, 15) is 9.59 Å². The zero-order valence-corrected chi connectivity index (χ0v) is 19.5. The van der Waals surface area contributed by atoms with Crippen molar-refractivity contribution in [2.24, 2.45) is 5.10 Å². The fourth-order valence-corrected chi connectivity index (χ4v) is 3.67. The van der Waals surface area contributed by atoms with Crippen LogP contribution in [0.2, 0.25) is 0 Å². The predicted octanol–water partition coefficient (Wildman–Crippen LogP) is 4.73. The molecule has 0 radical (unpaired) electrons. The van der Waals surface area contributed by atoms with Crippen molar-refractivity contribution >= 4 is 18.2 Å². The Morgan fingerprint density at radius 3 is 2.42 bits per heavy atom. The molecule has 2 N–H and O–H groups in total. The SMILES string of the molecule is CCOC(=O)N[C@H](CC(=O)N/N=C\c1cc(C)n(-c2ccc(C)cc2)c1C)c1ccccc1. The summed E-state index contributed by atoms with van der Waals surface area (Å²) in [5, 5.41) is 6.88. The lowest BCUT2D eigenvalue weighted by Gasteiger charge is -2.18. The maximum Gasteiger partial charge on any atom is 0.407 e. The van der Waals surface area contributed by atoms with Crippen molar-refractivity contribution in [2.45, 2.75) is 40.2 Å². The van der Waals surface area contributed by atoms with Crippen LogP contribution in [-0.4, -0.2) is 29.4 Å². The van der Waals surface area contributed by atoms with Gasteiger partial charge in [0.2, 0.25) is 5.91 Å². The molecule has 33 heavy (non-hydrogen) atoms. The highest BCUT2D eigenvalue weighted by atomic mass is 16.5. The van der Waals surface area contributed by atoms with Crippen LogP contribution in [0.4, 0.5) is 4.79 Å². The standard InChI is InChI=1S/C26H30N4O3/c1-5-33-26(32)28-24(21-9-7-6-8-10-21)16-25(31)29-27-17-22-15-19(3)30(20(22)4)23-13-11-18(2)12-14-23/h6-15,17,24H,5,16H2,1-4H3,(H,28,32)(H,29,31)/b27-17-/t24-/m1/s1. The number of ether oxygens (including phenoxy) is 1. The molecule has 1 aromatic heterocycles. The molecule has 7 nitrogen and oxygen atoms in total. The van der Waals surface area contributed by atoms with Crippen LogP contribution in [0.25, 0.3) is 5.69 Å². The second-order valence-corrected chi connectivity index (χ2v) is 7.82. The average Bonchev–Trinajstić information content (AvgIpc) is 3.08. The largest absolute Gasteiger partial charge is 0.450 e. The van der Waals surface area contributed by atoms with Crippen molar-refractivity contribution in [3.8, 4) is 5.69 Å². The van der Waals surface area contributed by atoms with Gasteiger partial charge in [-0.3, -0.25) is 4.79 Å². The third kappa shape index (κ3) is 6.32. The molecule has 0 unspecified atom stereocenters. The van der Waals surface area contributed by atoms with Crippen molar-refractivity contribution < 1.29 is 14.3 Å². The number of aryl methyl sites for hydroxylation is 2. The molecule has 0 aliphatic rings. The Balaban J connectivity index is 1.68. The molecule has 0 aliphatic heterocycles. The molecule has 2 aromatic carbocycles. The van der Waals surface area contributed by atoms with E-state index < -0.39 is 12.1 Å². The summed E-state index contributed by atoms with van der Waals surface area (Å²) < 4.78 is 7.12. The molecule has 172 valence electrons. The second kappa shape index (κ2) is 11.1. The fraction of sp³-hybridized carbons (Fsp3) is 0.269. The summed E-state index contributed by atoms with van der Waals surface area (Å²) in [4.78, 5) is 24.5. The van der Waals surface area contributed by atoms with Crippen LogP contribution < -0.4 is 10.7 Å². The molecule has 0 spiro atoms. The van der Waals surface area contributed by atoms with Gasteiger partial charge in [0.05, 0.1) is 25.3 Å². The van der Waals surface area contributed by atoms with E-state index in [1.54, 1.807) is 13.1 Å². The topological polar surface area (TPSA) is 84.7 Å². The fourth-order valence-electron chi connectivity index (χ4n) is 3.67. The second-order valence-electron chi connectivity index (χ2n) is 7.82. The van der Waals surface area contributed by atoms with Gasteiger partial charge in [0.25, 0.3) is 0 Å². The molecular formula is C26H30N4O3. The van der Waals surface area contributed by atoms with Crippen LogP contribution in [0.5, 0.6) is 0 Å². The van der Waals surface area contributed by atoms with Gasteiger partial charge >= 0.3 is 6.09 Å². The minimum Gasteiger partial charge on any atom is -0.450 e. The quantitative estimate of drug-likeness (QED) is 0.387. The highest BCUT2D eigenvalue weighted by molar-refractivity contribution is 5.84. The Bertz CT molecular complexity index is 1120. The van der Waals surface area contributed by atoms with Gasteiger partial charge in [0, 0.05) is 22.6 Å². The number of hydrogen-bond donors (Lipinski definition) is 2. The Labute approximate surface area is 194 Å². The van der Waals surface area contributed by atoms with Crippen molar-refractivity contribution in [3.63, 3.8) is 0 Å². The van der Waals surface area contributed by atoms with Crippen molar-refractivity contribution in [1.82, 2.24) is 15.3 Å². The molecule has 1 heterocycles. The molecule has 3 aromatic rings. The summed E-state index contributed by atoms with van der Waals surface area (Å²) in [6.45, 7) is 8.10. The van der Waals surface area contributed by atoms with Gasteiger partial charge in [-0.05, 0) is 51.5 Å². The Morgan fingerprint density at radius 2 is 1.76 bits per heavy atom. The lowest BCUT2D eigenvalue weighted by Crippen LogP contribution is -2.33. The monoisotopic (exact) mass is 446 g/mol. The van der Waals surface area contributed by atoms with Gasteiger partial charge in [0.15, 0.2) is 0 Å². The highest BCUT2D eigenvalue weighted by Crippen LogP contribution is 2.20. The highest BCUT2D eigenvalue weighted by Gasteiger charge is 2.19. The minimum atomic E-state index is -0.564. The van der Waals surface area contributed by atoms with Gasteiger partial charge in [-0.25, -0.2) is 10.2 Å². The van der Waals surface area contributed by atoms with Gasteiger partial charge in [-0.15, -0.1) is 0 Å². The number of amides is 2. The average molecular weight is 447 g/mol.